The molecule has 4 atom stereocenters. The van der Waals surface area contributed by atoms with Crippen molar-refractivity contribution in [3.05, 3.63) is 12.2 Å². The second kappa shape index (κ2) is 2.05. The standard InChI is InChI=1S/C7H10O3/c8-3-6-4-1-2-5(9)7(4)10-6/h1-2,4-9H,3H2. The van der Waals surface area contributed by atoms with Gasteiger partial charge in [0.2, 0.25) is 0 Å². The van der Waals surface area contributed by atoms with E-state index in [0.29, 0.717) is 0 Å². The van der Waals surface area contributed by atoms with Crippen molar-refractivity contribution < 1.29 is 14.9 Å². The lowest BCUT2D eigenvalue weighted by molar-refractivity contribution is -0.199. The Morgan fingerprint density at radius 2 is 2.20 bits per heavy atom. The van der Waals surface area contributed by atoms with E-state index in [0.717, 1.165) is 0 Å². The number of fused-ring (bicyclic) bond motifs is 1. The number of aliphatic hydroxyl groups excluding tert-OH is 2. The van der Waals surface area contributed by atoms with E-state index >= 15 is 0 Å². The fourth-order valence-corrected chi connectivity index (χ4v) is 1.56. The highest BCUT2D eigenvalue weighted by atomic mass is 16.5. The molecule has 0 aromatic rings. The Labute approximate surface area is 58.9 Å². The molecule has 0 spiro atoms. The number of hydrogen-bond acceptors (Lipinski definition) is 3. The van der Waals surface area contributed by atoms with Gasteiger partial charge in [-0.2, -0.15) is 0 Å². The first-order valence-corrected chi connectivity index (χ1v) is 3.45. The van der Waals surface area contributed by atoms with E-state index < -0.39 is 6.10 Å². The van der Waals surface area contributed by atoms with Crippen LogP contribution >= 0.6 is 0 Å². The van der Waals surface area contributed by atoms with Crippen LogP contribution in [-0.4, -0.2) is 35.1 Å². The van der Waals surface area contributed by atoms with Crippen LogP contribution in [0.25, 0.3) is 0 Å². The number of ether oxygens (including phenoxy) is 1. The van der Waals surface area contributed by atoms with Crippen molar-refractivity contribution in [1.82, 2.24) is 0 Å². The molecule has 0 radical (unpaired) electrons. The summed E-state index contributed by atoms with van der Waals surface area (Å²) < 4.78 is 5.16. The molecule has 0 saturated carbocycles. The van der Waals surface area contributed by atoms with Crippen LogP contribution in [0.15, 0.2) is 12.2 Å². The quantitative estimate of drug-likeness (QED) is 0.476. The number of aliphatic hydroxyl groups is 2. The van der Waals surface area contributed by atoms with Gasteiger partial charge in [0.1, 0.15) is 0 Å². The van der Waals surface area contributed by atoms with Gasteiger partial charge in [0.15, 0.2) is 0 Å². The number of hydrogen-bond donors (Lipinski definition) is 2. The molecule has 1 aliphatic heterocycles. The second-order valence-corrected chi connectivity index (χ2v) is 2.77. The minimum atomic E-state index is -0.451. The van der Waals surface area contributed by atoms with Crippen LogP contribution in [0, 0.1) is 5.92 Å². The molecule has 1 fully saturated rings. The predicted molar refractivity (Wildman–Crippen MR) is 34.4 cm³/mol. The van der Waals surface area contributed by atoms with Gasteiger partial charge < -0.3 is 14.9 Å². The Hall–Kier alpha value is -0.380. The molecule has 1 saturated heterocycles. The molecule has 3 heteroatoms. The summed E-state index contributed by atoms with van der Waals surface area (Å²) in [6.45, 7) is 0.0538. The van der Waals surface area contributed by atoms with Gasteiger partial charge in [0.25, 0.3) is 0 Å². The van der Waals surface area contributed by atoms with Gasteiger partial charge in [-0.25, -0.2) is 0 Å². The van der Waals surface area contributed by atoms with Crippen LogP contribution < -0.4 is 0 Å². The largest absolute Gasteiger partial charge is 0.394 e. The summed E-state index contributed by atoms with van der Waals surface area (Å²) in [5, 5.41) is 17.8. The van der Waals surface area contributed by atoms with Crippen LogP contribution in [0.5, 0.6) is 0 Å². The van der Waals surface area contributed by atoms with Crippen LogP contribution in [-0.2, 0) is 4.74 Å². The maximum atomic E-state index is 9.14. The molecule has 3 nitrogen and oxygen atoms in total. The Morgan fingerprint density at radius 3 is 2.80 bits per heavy atom. The van der Waals surface area contributed by atoms with E-state index in [1.54, 1.807) is 6.08 Å². The average molecular weight is 142 g/mol. The maximum Gasteiger partial charge on any atom is 0.0989 e. The summed E-state index contributed by atoms with van der Waals surface area (Å²) in [5.41, 5.74) is 0. The normalized spacial score (nSPS) is 50.6. The van der Waals surface area contributed by atoms with Crippen LogP contribution in [0.4, 0.5) is 0 Å². The summed E-state index contributed by atoms with van der Waals surface area (Å²) >= 11 is 0. The van der Waals surface area contributed by atoms with Gasteiger partial charge in [-0.1, -0.05) is 12.2 Å². The monoisotopic (exact) mass is 142 g/mol. The van der Waals surface area contributed by atoms with E-state index in [2.05, 4.69) is 0 Å². The highest BCUT2D eigenvalue weighted by Gasteiger charge is 2.46. The molecule has 0 amide bonds. The first kappa shape index (κ1) is 6.34. The van der Waals surface area contributed by atoms with E-state index in [4.69, 9.17) is 14.9 Å². The lowest BCUT2D eigenvalue weighted by Gasteiger charge is -2.40. The van der Waals surface area contributed by atoms with E-state index in [9.17, 15) is 0 Å². The fourth-order valence-electron chi connectivity index (χ4n) is 1.56. The van der Waals surface area contributed by atoms with Gasteiger partial charge in [0, 0.05) is 5.92 Å². The topological polar surface area (TPSA) is 49.7 Å². The lowest BCUT2D eigenvalue weighted by atomic mass is 9.92. The Morgan fingerprint density at radius 1 is 1.40 bits per heavy atom. The lowest BCUT2D eigenvalue weighted by Crippen LogP contribution is -2.51. The van der Waals surface area contributed by atoms with E-state index in [1.807, 2.05) is 6.08 Å². The van der Waals surface area contributed by atoms with Crippen molar-refractivity contribution in [2.45, 2.75) is 18.3 Å². The van der Waals surface area contributed by atoms with Crippen molar-refractivity contribution >= 4 is 0 Å². The molecule has 0 bridgehead atoms. The summed E-state index contributed by atoms with van der Waals surface area (Å²) in [7, 11) is 0. The highest BCUT2D eigenvalue weighted by molar-refractivity contribution is 5.15. The second-order valence-electron chi connectivity index (χ2n) is 2.77. The van der Waals surface area contributed by atoms with Crippen LogP contribution in [0.1, 0.15) is 0 Å². The maximum absolute atomic E-state index is 9.14. The molecule has 1 heterocycles. The Balaban J connectivity index is 2.02. The summed E-state index contributed by atoms with van der Waals surface area (Å²) in [5.74, 6) is 0.250. The third-order valence-corrected chi connectivity index (χ3v) is 2.19. The zero-order valence-electron chi connectivity index (χ0n) is 5.47. The molecule has 0 aromatic carbocycles. The summed E-state index contributed by atoms with van der Waals surface area (Å²) in [6, 6.07) is 0. The van der Waals surface area contributed by atoms with Gasteiger partial charge in [0.05, 0.1) is 24.9 Å². The first-order chi connectivity index (χ1) is 4.83. The zero-order valence-corrected chi connectivity index (χ0v) is 5.47. The third-order valence-electron chi connectivity index (χ3n) is 2.19. The van der Waals surface area contributed by atoms with Crippen molar-refractivity contribution in [3.63, 3.8) is 0 Å². The molecule has 0 aromatic heterocycles. The van der Waals surface area contributed by atoms with Gasteiger partial charge in [-0.3, -0.25) is 0 Å². The SMILES string of the molecule is OCC1OC2C(O)C=CC12. The van der Waals surface area contributed by atoms with Crippen LogP contribution in [0.2, 0.25) is 0 Å². The fraction of sp³-hybridized carbons (Fsp3) is 0.714. The van der Waals surface area contributed by atoms with E-state index in [1.165, 1.54) is 0 Å². The molecule has 4 unspecified atom stereocenters. The van der Waals surface area contributed by atoms with Crippen molar-refractivity contribution in [2.75, 3.05) is 6.61 Å². The zero-order chi connectivity index (χ0) is 7.14. The summed E-state index contributed by atoms with van der Waals surface area (Å²) in [4.78, 5) is 0. The minimum Gasteiger partial charge on any atom is -0.394 e. The van der Waals surface area contributed by atoms with Gasteiger partial charge in [-0.05, 0) is 0 Å². The molecular formula is C7H10O3. The average Bonchev–Trinajstić information content (AvgIpc) is 2.10. The molecular weight excluding hydrogens is 132 g/mol. The van der Waals surface area contributed by atoms with Gasteiger partial charge in [-0.15, -0.1) is 0 Å². The summed E-state index contributed by atoms with van der Waals surface area (Å²) in [6.07, 6.45) is 3.05. The Kier molecular flexibility index (Phi) is 1.30. The molecule has 56 valence electrons. The molecule has 1 aliphatic carbocycles. The minimum absolute atomic E-state index is 0.0538. The molecule has 2 N–H and O–H groups in total. The Bertz CT molecular complexity index is 166. The molecule has 2 rings (SSSR count). The molecule has 10 heavy (non-hydrogen) atoms. The van der Waals surface area contributed by atoms with E-state index in [-0.39, 0.29) is 24.7 Å². The highest BCUT2D eigenvalue weighted by Crippen LogP contribution is 2.36. The predicted octanol–water partition coefficient (Wildman–Crippen LogP) is -0.707. The molecule has 2 aliphatic rings. The first-order valence-electron chi connectivity index (χ1n) is 3.45. The van der Waals surface area contributed by atoms with Gasteiger partial charge >= 0.3 is 0 Å². The third kappa shape index (κ3) is 0.653. The number of rotatable bonds is 1. The smallest absolute Gasteiger partial charge is 0.0989 e. The van der Waals surface area contributed by atoms with Crippen LogP contribution in [0.3, 0.4) is 0 Å². The van der Waals surface area contributed by atoms with Crippen molar-refractivity contribution in [3.8, 4) is 0 Å². The van der Waals surface area contributed by atoms with Crippen molar-refractivity contribution in [2.24, 2.45) is 5.92 Å². The van der Waals surface area contributed by atoms with Crippen molar-refractivity contribution in [1.29, 1.82) is 0 Å².